The minimum atomic E-state index is -0.587. The lowest BCUT2D eigenvalue weighted by Gasteiger charge is -2.30. The molecule has 0 aliphatic rings. The molecule has 0 unspecified atom stereocenters. The van der Waals surface area contributed by atoms with Crippen LogP contribution in [0.5, 0.6) is 0 Å². The van der Waals surface area contributed by atoms with E-state index in [1.165, 1.54) is 12.4 Å². The molecule has 0 fully saturated rings. The summed E-state index contributed by atoms with van der Waals surface area (Å²) in [6.07, 6.45) is 4.26. The van der Waals surface area contributed by atoms with Gasteiger partial charge in [0.1, 0.15) is 0 Å². The van der Waals surface area contributed by atoms with E-state index in [9.17, 15) is 9.90 Å². The van der Waals surface area contributed by atoms with Gasteiger partial charge >= 0.3 is 0 Å². The number of amides is 1. The fourth-order valence-electron chi connectivity index (χ4n) is 1.54. The van der Waals surface area contributed by atoms with Gasteiger partial charge in [0.15, 0.2) is 0 Å². The maximum absolute atomic E-state index is 12.0. The fraction of sp³-hybridized carbons (Fsp3) is 0.500. The number of nitrogens with one attached hydrogen (secondary N) is 1. The van der Waals surface area contributed by atoms with Gasteiger partial charge in [-0.25, -0.2) is 0 Å². The standard InChI is InChI=1S/C12H17ClN2O2/c1-3-12(4-2,8-16)15-11(17)9-7-14-6-5-10(9)13/h5-7,16H,3-4,8H2,1-2H3,(H,15,17). The molecule has 0 aliphatic heterocycles. The Kier molecular flexibility index (Phi) is 4.90. The van der Waals surface area contributed by atoms with Gasteiger partial charge in [-0.3, -0.25) is 9.78 Å². The lowest BCUT2D eigenvalue weighted by molar-refractivity contribution is 0.0817. The molecule has 1 aromatic rings. The van der Waals surface area contributed by atoms with Gasteiger partial charge in [0.25, 0.3) is 5.91 Å². The van der Waals surface area contributed by atoms with Gasteiger partial charge in [0.05, 0.1) is 22.7 Å². The zero-order valence-electron chi connectivity index (χ0n) is 10.0. The smallest absolute Gasteiger partial charge is 0.254 e. The summed E-state index contributed by atoms with van der Waals surface area (Å²) in [5.41, 5.74) is -0.259. The van der Waals surface area contributed by atoms with Crippen molar-refractivity contribution in [1.29, 1.82) is 0 Å². The topological polar surface area (TPSA) is 62.2 Å². The van der Waals surface area contributed by atoms with E-state index >= 15 is 0 Å². The molecule has 4 nitrogen and oxygen atoms in total. The Bertz CT molecular complexity index is 384. The van der Waals surface area contributed by atoms with Crippen molar-refractivity contribution >= 4 is 17.5 Å². The molecule has 0 bridgehead atoms. The van der Waals surface area contributed by atoms with Crippen molar-refractivity contribution in [3.63, 3.8) is 0 Å². The lowest BCUT2D eigenvalue weighted by Crippen LogP contribution is -2.50. The minimum absolute atomic E-state index is 0.0936. The minimum Gasteiger partial charge on any atom is -0.394 e. The Hall–Kier alpha value is -1.13. The van der Waals surface area contributed by atoms with Gasteiger partial charge in [0, 0.05) is 12.4 Å². The van der Waals surface area contributed by atoms with Gasteiger partial charge in [-0.15, -0.1) is 0 Å². The van der Waals surface area contributed by atoms with Crippen LogP contribution in [0.15, 0.2) is 18.5 Å². The number of carbonyl (C=O) groups excluding carboxylic acids is 1. The summed E-state index contributed by atoms with van der Waals surface area (Å²) in [6, 6.07) is 1.56. The van der Waals surface area contributed by atoms with Crippen molar-refractivity contribution < 1.29 is 9.90 Å². The molecule has 0 aromatic carbocycles. The van der Waals surface area contributed by atoms with Gasteiger partial charge in [-0.2, -0.15) is 0 Å². The molecule has 0 atom stereocenters. The summed E-state index contributed by atoms with van der Waals surface area (Å²) in [5.74, 6) is -0.305. The van der Waals surface area contributed by atoms with Crippen LogP contribution in [0.25, 0.3) is 0 Å². The van der Waals surface area contributed by atoms with Crippen LogP contribution in [-0.2, 0) is 0 Å². The Labute approximate surface area is 106 Å². The second-order valence-electron chi connectivity index (χ2n) is 3.96. The SMILES string of the molecule is CCC(CC)(CO)NC(=O)c1cnccc1Cl. The van der Waals surface area contributed by atoms with Crippen LogP contribution >= 0.6 is 11.6 Å². The van der Waals surface area contributed by atoms with Crippen molar-refractivity contribution in [2.24, 2.45) is 0 Å². The van der Waals surface area contributed by atoms with Crippen LogP contribution < -0.4 is 5.32 Å². The van der Waals surface area contributed by atoms with E-state index in [1.54, 1.807) is 6.07 Å². The molecule has 1 rings (SSSR count). The molecule has 17 heavy (non-hydrogen) atoms. The van der Waals surface area contributed by atoms with E-state index in [4.69, 9.17) is 11.6 Å². The second kappa shape index (κ2) is 5.98. The third-order valence-corrected chi connectivity index (χ3v) is 3.38. The number of aromatic nitrogens is 1. The summed E-state index contributed by atoms with van der Waals surface area (Å²) in [6.45, 7) is 3.75. The number of nitrogens with zero attached hydrogens (tertiary/aromatic N) is 1. The van der Waals surface area contributed by atoms with Crippen molar-refractivity contribution in [3.05, 3.63) is 29.0 Å². The first kappa shape index (κ1) is 13.9. The molecule has 2 N–H and O–H groups in total. The average molecular weight is 257 g/mol. The molecular weight excluding hydrogens is 240 g/mol. The molecule has 0 saturated carbocycles. The molecule has 94 valence electrons. The van der Waals surface area contributed by atoms with Crippen LogP contribution in [0.2, 0.25) is 5.02 Å². The van der Waals surface area contributed by atoms with Crippen LogP contribution in [0.1, 0.15) is 37.0 Å². The van der Waals surface area contributed by atoms with Crippen molar-refractivity contribution in [3.8, 4) is 0 Å². The molecule has 1 aromatic heterocycles. The molecule has 0 radical (unpaired) electrons. The zero-order chi connectivity index (χ0) is 12.9. The Morgan fingerprint density at radius 3 is 2.65 bits per heavy atom. The normalized spacial score (nSPS) is 11.3. The van der Waals surface area contributed by atoms with Gasteiger partial charge in [0.2, 0.25) is 0 Å². The lowest BCUT2D eigenvalue weighted by atomic mass is 9.93. The monoisotopic (exact) mass is 256 g/mol. The molecule has 1 heterocycles. The van der Waals surface area contributed by atoms with E-state index in [2.05, 4.69) is 10.3 Å². The summed E-state index contributed by atoms with van der Waals surface area (Å²) in [7, 11) is 0. The summed E-state index contributed by atoms with van der Waals surface area (Å²) < 4.78 is 0. The van der Waals surface area contributed by atoms with Crippen LogP contribution in [0.4, 0.5) is 0 Å². The number of hydrogen-bond acceptors (Lipinski definition) is 3. The highest BCUT2D eigenvalue weighted by Gasteiger charge is 2.28. The maximum Gasteiger partial charge on any atom is 0.254 e. The predicted molar refractivity (Wildman–Crippen MR) is 67.1 cm³/mol. The molecule has 0 aliphatic carbocycles. The third-order valence-electron chi connectivity index (χ3n) is 3.05. The van der Waals surface area contributed by atoms with Gasteiger partial charge in [-0.1, -0.05) is 25.4 Å². The number of halogens is 1. The Balaban J connectivity index is 2.89. The molecule has 5 heteroatoms. The van der Waals surface area contributed by atoms with Crippen LogP contribution in [-0.4, -0.2) is 28.1 Å². The van der Waals surface area contributed by atoms with E-state index in [0.29, 0.717) is 23.4 Å². The highest BCUT2D eigenvalue weighted by atomic mass is 35.5. The second-order valence-corrected chi connectivity index (χ2v) is 4.36. The molecular formula is C12H17ClN2O2. The first-order valence-corrected chi connectivity index (χ1v) is 5.99. The summed E-state index contributed by atoms with van der Waals surface area (Å²) in [4.78, 5) is 15.9. The van der Waals surface area contributed by atoms with E-state index in [1.807, 2.05) is 13.8 Å². The van der Waals surface area contributed by atoms with Crippen LogP contribution in [0, 0.1) is 0 Å². The van der Waals surface area contributed by atoms with E-state index < -0.39 is 5.54 Å². The van der Waals surface area contributed by atoms with Gasteiger partial charge in [-0.05, 0) is 18.9 Å². The first-order chi connectivity index (χ1) is 8.08. The Morgan fingerprint density at radius 2 is 2.18 bits per heavy atom. The van der Waals surface area contributed by atoms with E-state index in [0.717, 1.165) is 0 Å². The van der Waals surface area contributed by atoms with Crippen molar-refractivity contribution in [1.82, 2.24) is 10.3 Å². The predicted octanol–water partition coefficient (Wildman–Crippen LogP) is 2.02. The third kappa shape index (κ3) is 3.17. The molecule has 1 amide bonds. The quantitative estimate of drug-likeness (QED) is 0.847. The highest BCUT2D eigenvalue weighted by molar-refractivity contribution is 6.33. The number of pyridine rings is 1. The first-order valence-electron chi connectivity index (χ1n) is 5.61. The van der Waals surface area contributed by atoms with Crippen LogP contribution in [0.3, 0.4) is 0 Å². The highest BCUT2D eigenvalue weighted by Crippen LogP contribution is 2.18. The molecule has 0 saturated heterocycles. The van der Waals surface area contributed by atoms with E-state index in [-0.39, 0.29) is 12.5 Å². The number of carbonyl (C=O) groups is 1. The van der Waals surface area contributed by atoms with Crippen molar-refractivity contribution in [2.75, 3.05) is 6.61 Å². The maximum atomic E-state index is 12.0. The largest absolute Gasteiger partial charge is 0.394 e. The Morgan fingerprint density at radius 1 is 1.53 bits per heavy atom. The summed E-state index contributed by atoms with van der Waals surface area (Å²) in [5, 5.41) is 12.6. The van der Waals surface area contributed by atoms with Gasteiger partial charge < -0.3 is 10.4 Å². The molecule has 0 spiro atoms. The average Bonchev–Trinajstić information content (AvgIpc) is 2.36. The number of hydrogen-bond donors (Lipinski definition) is 2. The fourth-order valence-corrected chi connectivity index (χ4v) is 1.73. The number of aliphatic hydroxyl groups excluding tert-OH is 1. The van der Waals surface area contributed by atoms with Crippen molar-refractivity contribution in [2.45, 2.75) is 32.2 Å². The summed E-state index contributed by atoms with van der Waals surface area (Å²) >= 11 is 5.91. The number of aliphatic hydroxyl groups is 1. The number of rotatable bonds is 5. The zero-order valence-corrected chi connectivity index (χ0v) is 10.8.